The Bertz CT molecular complexity index is 665. The van der Waals surface area contributed by atoms with E-state index in [0.29, 0.717) is 4.99 Å². The van der Waals surface area contributed by atoms with Crippen LogP contribution in [0.4, 0.5) is 11.4 Å². The molecule has 1 aromatic carbocycles. The summed E-state index contributed by atoms with van der Waals surface area (Å²) in [4.78, 5) is 6.96. The van der Waals surface area contributed by atoms with Crippen molar-refractivity contribution in [2.24, 2.45) is 5.73 Å². The van der Waals surface area contributed by atoms with Gasteiger partial charge in [-0.3, -0.25) is 4.98 Å². The zero-order valence-electron chi connectivity index (χ0n) is 12.3. The molecule has 0 amide bonds. The number of anilines is 2. The van der Waals surface area contributed by atoms with Gasteiger partial charge in [0.2, 0.25) is 0 Å². The molecule has 4 heteroatoms. The minimum absolute atomic E-state index is 0.380. The van der Waals surface area contributed by atoms with Crippen molar-refractivity contribution < 1.29 is 0 Å². The fourth-order valence-corrected chi connectivity index (χ4v) is 2.70. The number of benzene rings is 1. The number of nitrogens with zero attached hydrogens (tertiary/aromatic N) is 2. The third kappa shape index (κ3) is 2.65. The molecule has 0 saturated heterocycles. The van der Waals surface area contributed by atoms with Crippen molar-refractivity contribution in [3.8, 4) is 0 Å². The topological polar surface area (TPSA) is 42.1 Å². The second kappa shape index (κ2) is 5.59. The highest BCUT2D eigenvalue weighted by Gasteiger charge is 2.16. The van der Waals surface area contributed by atoms with Crippen LogP contribution in [0.3, 0.4) is 0 Å². The van der Waals surface area contributed by atoms with E-state index in [1.807, 2.05) is 39.1 Å². The lowest BCUT2D eigenvalue weighted by molar-refractivity contribution is 1.08. The molecule has 0 aliphatic carbocycles. The third-order valence-electron chi connectivity index (χ3n) is 3.39. The molecule has 0 aliphatic heterocycles. The highest BCUT2D eigenvalue weighted by molar-refractivity contribution is 7.80. The van der Waals surface area contributed by atoms with Gasteiger partial charge in [0.15, 0.2) is 0 Å². The second-order valence-electron chi connectivity index (χ2n) is 4.95. The second-order valence-corrected chi connectivity index (χ2v) is 5.39. The fourth-order valence-electron chi connectivity index (χ4n) is 2.45. The van der Waals surface area contributed by atoms with E-state index in [1.165, 1.54) is 5.56 Å². The van der Waals surface area contributed by atoms with Crippen molar-refractivity contribution in [1.29, 1.82) is 0 Å². The molecule has 2 rings (SSSR count). The molecule has 0 radical (unpaired) electrons. The van der Waals surface area contributed by atoms with Crippen molar-refractivity contribution >= 4 is 28.6 Å². The zero-order chi connectivity index (χ0) is 14.9. The first-order chi connectivity index (χ1) is 9.41. The molecule has 1 aromatic heterocycles. The van der Waals surface area contributed by atoms with Gasteiger partial charge in [0.25, 0.3) is 0 Å². The lowest BCUT2D eigenvalue weighted by atomic mass is 10.1. The quantitative estimate of drug-likeness (QED) is 0.878. The van der Waals surface area contributed by atoms with Gasteiger partial charge >= 0.3 is 0 Å². The highest BCUT2D eigenvalue weighted by atomic mass is 32.1. The molecular formula is C16H19N3S. The lowest BCUT2D eigenvalue weighted by Gasteiger charge is -2.25. The van der Waals surface area contributed by atoms with Crippen LogP contribution in [0.5, 0.6) is 0 Å². The van der Waals surface area contributed by atoms with E-state index < -0.39 is 0 Å². The summed E-state index contributed by atoms with van der Waals surface area (Å²) in [6.45, 7) is 6.01. The fraction of sp³-hybridized carbons (Fsp3) is 0.250. The van der Waals surface area contributed by atoms with Crippen LogP contribution in [-0.4, -0.2) is 17.0 Å². The van der Waals surface area contributed by atoms with Crippen molar-refractivity contribution in [3.05, 3.63) is 52.8 Å². The molecule has 0 unspecified atom stereocenters. The van der Waals surface area contributed by atoms with E-state index in [1.54, 1.807) is 0 Å². The van der Waals surface area contributed by atoms with Crippen LogP contribution in [0.15, 0.2) is 30.3 Å². The van der Waals surface area contributed by atoms with Gasteiger partial charge in [0.1, 0.15) is 4.99 Å². The van der Waals surface area contributed by atoms with Crippen molar-refractivity contribution in [3.63, 3.8) is 0 Å². The Hall–Kier alpha value is -1.94. The molecule has 104 valence electrons. The van der Waals surface area contributed by atoms with Crippen LogP contribution >= 0.6 is 12.2 Å². The monoisotopic (exact) mass is 285 g/mol. The Balaban J connectivity index is 2.63. The Morgan fingerprint density at radius 1 is 1.15 bits per heavy atom. The maximum Gasteiger partial charge on any atom is 0.107 e. The molecule has 0 bridgehead atoms. The van der Waals surface area contributed by atoms with E-state index in [2.05, 4.69) is 28.9 Å². The Morgan fingerprint density at radius 2 is 1.80 bits per heavy atom. The summed E-state index contributed by atoms with van der Waals surface area (Å²) in [5, 5.41) is 0. The first-order valence-electron chi connectivity index (χ1n) is 6.49. The van der Waals surface area contributed by atoms with E-state index in [0.717, 1.165) is 28.3 Å². The van der Waals surface area contributed by atoms with Gasteiger partial charge in [-0.1, -0.05) is 30.4 Å². The van der Waals surface area contributed by atoms with Crippen LogP contribution in [-0.2, 0) is 0 Å². The molecule has 0 atom stereocenters. The largest absolute Gasteiger partial charge is 0.389 e. The average Bonchev–Trinajstić information content (AvgIpc) is 2.37. The number of hydrogen-bond acceptors (Lipinski definition) is 3. The van der Waals surface area contributed by atoms with E-state index in [-0.39, 0.29) is 0 Å². The highest BCUT2D eigenvalue weighted by Crippen LogP contribution is 2.31. The molecular weight excluding hydrogens is 266 g/mol. The summed E-state index contributed by atoms with van der Waals surface area (Å²) in [7, 11) is 2.03. The van der Waals surface area contributed by atoms with Gasteiger partial charge in [-0.2, -0.15) is 0 Å². The number of pyridine rings is 1. The van der Waals surface area contributed by atoms with Crippen LogP contribution < -0.4 is 10.6 Å². The maximum absolute atomic E-state index is 5.88. The van der Waals surface area contributed by atoms with Crippen LogP contribution in [0.2, 0.25) is 0 Å². The van der Waals surface area contributed by atoms with Crippen LogP contribution in [0.25, 0.3) is 0 Å². The van der Waals surface area contributed by atoms with Gasteiger partial charge < -0.3 is 10.6 Å². The molecule has 2 aromatic rings. The van der Waals surface area contributed by atoms with Crippen LogP contribution in [0.1, 0.15) is 22.5 Å². The molecule has 0 saturated carbocycles. The molecule has 0 spiro atoms. The molecule has 3 nitrogen and oxygen atoms in total. The number of aromatic nitrogens is 1. The van der Waals surface area contributed by atoms with E-state index in [9.17, 15) is 0 Å². The number of hydrogen-bond donors (Lipinski definition) is 1. The standard InChI is InChI=1S/C16H19N3S/c1-10-7-5-6-8-13(10)19(4)14-9-11(2)18-12(3)15(14)16(17)20/h5-9H,1-4H3,(H2,17,20). The predicted octanol–water partition coefficient (Wildman–Crippen LogP) is 3.41. The number of para-hydroxylation sites is 1. The lowest BCUT2D eigenvalue weighted by Crippen LogP contribution is -2.20. The number of rotatable bonds is 3. The van der Waals surface area contributed by atoms with Crippen LogP contribution in [0, 0.1) is 20.8 Å². The minimum Gasteiger partial charge on any atom is -0.389 e. The molecule has 0 aliphatic rings. The van der Waals surface area contributed by atoms with Gasteiger partial charge in [0.05, 0.1) is 11.3 Å². The summed E-state index contributed by atoms with van der Waals surface area (Å²) in [5.74, 6) is 0. The first kappa shape index (κ1) is 14.5. The number of thiocarbonyl (C=S) groups is 1. The third-order valence-corrected chi connectivity index (χ3v) is 3.60. The van der Waals surface area contributed by atoms with Gasteiger partial charge in [-0.25, -0.2) is 0 Å². The van der Waals surface area contributed by atoms with Gasteiger partial charge in [-0.15, -0.1) is 0 Å². The Kier molecular flexibility index (Phi) is 4.04. The Labute approximate surface area is 125 Å². The smallest absolute Gasteiger partial charge is 0.107 e. The number of nitrogens with two attached hydrogens (primary N) is 1. The van der Waals surface area contributed by atoms with E-state index in [4.69, 9.17) is 18.0 Å². The van der Waals surface area contributed by atoms with Crippen molar-refractivity contribution in [2.75, 3.05) is 11.9 Å². The summed E-state index contributed by atoms with van der Waals surface area (Å²) in [5.41, 5.74) is 11.9. The van der Waals surface area contributed by atoms with Crippen molar-refractivity contribution in [2.45, 2.75) is 20.8 Å². The summed E-state index contributed by atoms with van der Waals surface area (Å²) < 4.78 is 0. The summed E-state index contributed by atoms with van der Waals surface area (Å²) >= 11 is 5.19. The summed E-state index contributed by atoms with van der Waals surface area (Å²) in [6, 6.07) is 10.3. The maximum atomic E-state index is 5.88. The molecule has 1 heterocycles. The Morgan fingerprint density at radius 3 is 2.40 bits per heavy atom. The molecule has 2 N–H and O–H groups in total. The molecule has 20 heavy (non-hydrogen) atoms. The summed E-state index contributed by atoms with van der Waals surface area (Å²) in [6.07, 6.45) is 0. The van der Waals surface area contributed by atoms with Gasteiger partial charge in [-0.05, 0) is 38.5 Å². The minimum atomic E-state index is 0.380. The molecule has 0 fully saturated rings. The number of aryl methyl sites for hydroxylation is 3. The normalized spacial score (nSPS) is 10.4. The first-order valence-corrected chi connectivity index (χ1v) is 6.90. The average molecular weight is 285 g/mol. The van der Waals surface area contributed by atoms with E-state index >= 15 is 0 Å². The SMILES string of the molecule is Cc1cc(N(C)c2ccccc2C)c(C(N)=S)c(C)n1. The predicted molar refractivity (Wildman–Crippen MR) is 88.8 cm³/mol. The zero-order valence-corrected chi connectivity index (χ0v) is 13.1. The van der Waals surface area contributed by atoms with Gasteiger partial charge in [0, 0.05) is 24.1 Å². The van der Waals surface area contributed by atoms with Crippen molar-refractivity contribution in [1.82, 2.24) is 4.98 Å².